The van der Waals surface area contributed by atoms with Gasteiger partial charge in [-0.2, -0.15) is 5.10 Å². The van der Waals surface area contributed by atoms with Crippen molar-refractivity contribution in [3.63, 3.8) is 0 Å². The number of aliphatic carboxylic acids is 1. The van der Waals surface area contributed by atoms with Crippen molar-refractivity contribution >= 4 is 24.0 Å². The van der Waals surface area contributed by atoms with Crippen LogP contribution in [0.2, 0.25) is 0 Å². The van der Waals surface area contributed by atoms with E-state index in [4.69, 9.17) is 0 Å². The third-order valence-electron chi connectivity index (χ3n) is 1.78. The van der Waals surface area contributed by atoms with Crippen molar-refractivity contribution in [2.75, 3.05) is 6.54 Å². The van der Waals surface area contributed by atoms with Gasteiger partial charge in [0.1, 0.15) is 0 Å². The number of carboxylic acids is 1. The second-order valence-corrected chi connectivity index (χ2v) is 3.16. The second kappa shape index (κ2) is 6.79. The largest absolute Gasteiger partial charge is 0.548 e. The summed E-state index contributed by atoms with van der Waals surface area (Å²) in [5, 5.41) is 15.4. The van der Waals surface area contributed by atoms with Crippen LogP contribution in [0.15, 0.2) is 35.4 Å². The van der Waals surface area contributed by atoms with E-state index in [1.165, 1.54) is 6.21 Å². The van der Waals surface area contributed by atoms with Crippen LogP contribution in [0.25, 0.3) is 0 Å². The number of hydrogen-bond donors (Lipinski definition) is 2. The third-order valence-corrected chi connectivity index (χ3v) is 1.78. The first-order valence-electron chi connectivity index (χ1n) is 4.95. The molecule has 0 atom stereocenters. The first kappa shape index (κ1) is 13.4. The molecule has 0 aliphatic rings. The van der Waals surface area contributed by atoms with Crippen molar-refractivity contribution < 1.29 is 19.5 Å². The SMILES string of the molecule is O=C([O-])CNC(=O)C(=O)N/N=C\c1ccccc1. The van der Waals surface area contributed by atoms with Crippen LogP contribution in [0.3, 0.4) is 0 Å². The Morgan fingerprint density at radius 1 is 1.17 bits per heavy atom. The summed E-state index contributed by atoms with van der Waals surface area (Å²) >= 11 is 0. The summed E-state index contributed by atoms with van der Waals surface area (Å²) in [5.41, 5.74) is 2.70. The van der Waals surface area contributed by atoms with Crippen LogP contribution in [-0.4, -0.2) is 30.5 Å². The van der Waals surface area contributed by atoms with E-state index < -0.39 is 24.3 Å². The van der Waals surface area contributed by atoms with E-state index in [1.54, 1.807) is 24.3 Å². The zero-order valence-electron chi connectivity index (χ0n) is 9.25. The minimum atomic E-state index is -1.48. The minimum absolute atomic E-state index is 0.728. The van der Waals surface area contributed by atoms with E-state index >= 15 is 0 Å². The molecule has 2 N–H and O–H groups in total. The maximum Gasteiger partial charge on any atom is 0.329 e. The number of hydrazone groups is 1. The van der Waals surface area contributed by atoms with Crippen molar-refractivity contribution in [2.45, 2.75) is 0 Å². The van der Waals surface area contributed by atoms with Gasteiger partial charge in [0.25, 0.3) is 0 Å². The van der Waals surface area contributed by atoms with Gasteiger partial charge in [0.05, 0.1) is 18.7 Å². The summed E-state index contributed by atoms with van der Waals surface area (Å²) in [6, 6.07) is 8.91. The highest BCUT2D eigenvalue weighted by atomic mass is 16.4. The summed E-state index contributed by atoms with van der Waals surface area (Å²) in [6.45, 7) is -0.728. The molecule has 0 heterocycles. The molecule has 0 bridgehead atoms. The molecule has 0 fully saturated rings. The zero-order valence-corrected chi connectivity index (χ0v) is 9.25. The van der Waals surface area contributed by atoms with Gasteiger partial charge >= 0.3 is 11.8 Å². The van der Waals surface area contributed by atoms with Gasteiger partial charge in [-0.25, -0.2) is 5.43 Å². The Labute approximate surface area is 103 Å². The molecule has 0 spiro atoms. The molecule has 7 heteroatoms. The fourth-order valence-corrected chi connectivity index (χ4v) is 0.988. The Hall–Kier alpha value is -2.70. The first-order chi connectivity index (χ1) is 8.59. The lowest BCUT2D eigenvalue weighted by Gasteiger charge is -2.03. The predicted octanol–water partition coefficient (Wildman–Crippen LogP) is -2.00. The average Bonchev–Trinajstić information content (AvgIpc) is 2.37. The molecule has 0 aromatic heterocycles. The third kappa shape index (κ3) is 4.88. The van der Waals surface area contributed by atoms with Gasteiger partial charge in [-0.1, -0.05) is 30.3 Å². The molecule has 2 amide bonds. The standard InChI is InChI=1S/C11H11N3O4/c15-9(16)7-12-10(17)11(18)14-13-6-8-4-2-1-3-5-8/h1-6H,7H2,(H,12,17)(H,14,18)(H,15,16)/p-1/b13-6-. The molecular weight excluding hydrogens is 238 g/mol. The lowest BCUT2D eigenvalue weighted by atomic mass is 10.2. The lowest BCUT2D eigenvalue weighted by Crippen LogP contribution is -2.43. The van der Waals surface area contributed by atoms with Crippen LogP contribution in [0.4, 0.5) is 0 Å². The number of carbonyl (C=O) groups is 3. The second-order valence-electron chi connectivity index (χ2n) is 3.16. The molecule has 0 radical (unpaired) electrons. The molecule has 1 aromatic carbocycles. The van der Waals surface area contributed by atoms with Gasteiger partial charge in [0.15, 0.2) is 0 Å². The van der Waals surface area contributed by atoms with Gasteiger partial charge in [0, 0.05) is 0 Å². The van der Waals surface area contributed by atoms with Crippen LogP contribution in [0.5, 0.6) is 0 Å². The van der Waals surface area contributed by atoms with E-state index in [9.17, 15) is 19.5 Å². The summed E-state index contributed by atoms with van der Waals surface area (Å²) in [7, 11) is 0. The van der Waals surface area contributed by atoms with Gasteiger partial charge in [-0.15, -0.1) is 0 Å². The lowest BCUT2D eigenvalue weighted by molar-refractivity contribution is -0.303. The van der Waals surface area contributed by atoms with E-state index in [0.717, 1.165) is 5.56 Å². The Bertz CT molecular complexity index is 470. The van der Waals surface area contributed by atoms with E-state index in [-0.39, 0.29) is 0 Å². The van der Waals surface area contributed by atoms with Crippen molar-refractivity contribution in [1.82, 2.24) is 10.7 Å². The molecular formula is C11H10N3O4-. The summed E-state index contributed by atoms with van der Waals surface area (Å²) in [4.78, 5) is 32.1. The maximum absolute atomic E-state index is 11.1. The number of carbonyl (C=O) groups excluding carboxylic acids is 3. The Kier molecular flexibility index (Phi) is 5.04. The van der Waals surface area contributed by atoms with Crippen molar-refractivity contribution in [1.29, 1.82) is 0 Å². The fraction of sp³-hybridized carbons (Fsp3) is 0.0909. The van der Waals surface area contributed by atoms with Crippen LogP contribution >= 0.6 is 0 Å². The molecule has 1 rings (SSSR count). The van der Waals surface area contributed by atoms with Gasteiger partial charge in [-0.3, -0.25) is 9.59 Å². The molecule has 0 saturated carbocycles. The number of nitrogens with zero attached hydrogens (tertiary/aromatic N) is 1. The fourth-order valence-electron chi connectivity index (χ4n) is 0.988. The van der Waals surface area contributed by atoms with Gasteiger partial charge < -0.3 is 15.2 Å². The molecule has 7 nitrogen and oxygen atoms in total. The number of rotatable bonds is 4. The number of hydrogen-bond acceptors (Lipinski definition) is 5. The molecule has 0 saturated heterocycles. The topological polar surface area (TPSA) is 111 Å². The predicted molar refractivity (Wildman–Crippen MR) is 60.2 cm³/mol. The number of carboxylic acid groups (broad SMARTS) is 1. The summed E-state index contributed by atoms with van der Waals surface area (Å²) in [6.07, 6.45) is 1.35. The minimum Gasteiger partial charge on any atom is -0.548 e. The summed E-state index contributed by atoms with van der Waals surface area (Å²) in [5.74, 6) is -3.63. The Balaban J connectivity index is 2.39. The van der Waals surface area contributed by atoms with Crippen molar-refractivity contribution in [3.8, 4) is 0 Å². The smallest absolute Gasteiger partial charge is 0.329 e. The van der Waals surface area contributed by atoms with Crippen LogP contribution in [0, 0.1) is 0 Å². The van der Waals surface area contributed by atoms with Gasteiger partial charge in [-0.05, 0) is 5.56 Å². The quantitative estimate of drug-likeness (QED) is 0.365. The van der Waals surface area contributed by atoms with Gasteiger partial charge in [0.2, 0.25) is 0 Å². The highest BCUT2D eigenvalue weighted by molar-refractivity contribution is 6.35. The number of amides is 2. The van der Waals surface area contributed by atoms with Crippen LogP contribution < -0.4 is 15.8 Å². The average molecular weight is 248 g/mol. The number of benzene rings is 1. The summed E-state index contributed by atoms with van der Waals surface area (Å²) < 4.78 is 0. The number of nitrogens with one attached hydrogen (secondary N) is 2. The highest BCUT2D eigenvalue weighted by Crippen LogP contribution is 1.92. The van der Waals surface area contributed by atoms with E-state index in [2.05, 4.69) is 5.10 Å². The van der Waals surface area contributed by atoms with Crippen LogP contribution in [-0.2, 0) is 14.4 Å². The molecule has 0 unspecified atom stereocenters. The molecule has 18 heavy (non-hydrogen) atoms. The monoisotopic (exact) mass is 248 g/mol. The van der Waals surface area contributed by atoms with E-state index in [0.29, 0.717) is 0 Å². The molecule has 94 valence electrons. The Morgan fingerprint density at radius 2 is 1.83 bits per heavy atom. The highest BCUT2D eigenvalue weighted by Gasteiger charge is 2.11. The Morgan fingerprint density at radius 3 is 2.44 bits per heavy atom. The molecule has 0 aliphatic heterocycles. The zero-order chi connectivity index (χ0) is 13.4. The van der Waals surface area contributed by atoms with E-state index in [1.807, 2.05) is 16.8 Å². The van der Waals surface area contributed by atoms with Crippen LogP contribution in [0.1, 0.15) is 5.56 Å². The first-order valence-corrected chi connectivity index (χ1v) is 4.95. The molecule has 1 aromatic rings. The molecule has 0 aliphatic carbocycles. The van der Waals surface area contributed by atoms with Crippen molar-refractivity contribution in [3.05, 3.63) is 35.9 Å². The maximum atomic E-state index is 11.1. The normalized spacial score (nSPS) is 10.0. The van der Waals surface area contributed by atoms with Crippen molar-refractivity contribution in [2.24, 2.45) is 5.10 Å².